The fourth-order valence-electron chi connectivity index (χ4n) is 2.45. The fourth-order valence-corrected chi connectivity index (χ4v) is 2.64. The van der Waals surface area contributed by atoms with Crippen LogP contribution in [0.3, 0.4) is 0 Å². The summed E-state index contributed by atoms with van der Waals surface area (Å²) in [5, 5.41) is 8.67. The normalized spacial score (nSPS) is 10.8. The maximum absolute atomic E-state index is 5.27. The van der Waals surface area contributed by atoms with Crippen LogP contribution in [-0.4, -0.2) is 19.7 Å². The van der Waals surface area contributed by atoms with E-state index in [9.17, 15) is 0 Å². The fraction of sp³-hybridized carbons (Fsp3) is 0. The smallest absolute Gasteiger partial charge is 0.200 e. The molecule has 2 aromatic carbocycles. The third-order valence-corrected chi connectivity index (χ3v) is 3.69. The topological polar surface area (TPSA) is 58.5 Å². The Morgan fingerprint density at radius 1 is 0.957 bits per heavy atom. The van der Waals surface area contributed by atoms with Crippen molar-refractivity contribution in [3.05, 3.63) is 71.6 Å². The highest BCUT2D eigenvalue weighted by atomic mass is 32.1. The average molecular weight is 319 g/mol. The Balaban J connectivity index is 1.87. The molecule has 6 heteroatoms. The van der Waals surface area contributed by atoms with Gasteiger partial charge in [-0.3, -0.25) is 0 Å². The summed E-state index contributed by atoms with van der Waals surface area (Å²) in [4.78, 5) is 7.54. The number of anilines is 2. The lowest BCUT2D eigenvalue weighted by Crippen LogP contribution is -2.00. The zero-order valence-electron chi connectivity index (χ0n) is 12.1. The van der Waals surface area contributed by atoms with Crippen LogP contribution in [0.15, 0.2) is 66.9 Å². The number of para-hydroxylation sites is 2. The lowest BCUT2D eigenvalue weighted by molar-refractivity contribution is 0.894. The molecule has 2 heterocycles. The molecule has 0 saturated heterocycles. The van der Waals surface area contributed by atoms with Gasteiger partial charge in [0.05, 0.1) is 17.3 Å². The highest BCUT2D eigenvalue weighted by Crippen LogP contribution is 2.24. The molecule has 4 aromatic rings. The number of aromatic amines is 1. The van der Waals surface area contributed by atoms with E-state index in [1.165, 1.54) is 0 Å². The van der Waals surface area contributed by atoms with Gasteiger partial charge in [0.1, 0.15) is 5.82 Å². The van der Waals surface area contributed by atoms with Crippen LogP contribution >= 0.6 is 12.2 Å². The number of benzene rings is 2. The third-order valence-electron chi connectivity index (χ3n) is 3.50. The van der Waals surface area contributed by atoms with Crippen molar-refractivity contribution in [2.24, 2.45) is 0 Å². The van der Waals surface area contributed by atoms with Crippen molar-refractivity contribution in [3.8, 4) is 5.69 Å². The van der Waals surface area contributed by atoms with Crippen molar-refractivity contribution < 1.29 is 0 Å². The molecule has 5 nitrogen and oxygen atoms in total. The zero-order chi connectivity index (χ0) is 15.6. The molecule has 0 spiro atoms. The van der Waals surface area contributed by atoms with Gasteiger partial charge in [-0.15, -0.1) is 0 Å². The van der Waals surface area contributed by atoms with Gasteiger partial charge in [0, 0.05) is 5.69 Å². The van der Waals surface area contributed by atoms with Crippen LogP contribution in [-0.2, 0) is 0 Å². The number of H-pyrrole nitrogens is 1. The standard InChI is InChI=1S/C17H13N5S/c23-17-20-15(19-12-7-3-1-4-8-12)14-11-18-22(16(14)21-17)13-9-5-2-6-10-13/h1-11H,(H2,19,20,21,23). The minimum absolute atomic E-state index is 0.411. The van der Waals surface area contributed by atoms with Crippen LogP contribution in [0.5, 0.6) is 0 Å². The summed E-state index contributed by atoms with van der Waals surface area (Å²) >= 11 is 5.27. The average Bonchev–Trinajstić information content (AvgIpc) is 3.00. The van der Waals surface area contributed by atoms with Crippen molar-refractivity contribution in [2.75, 3.05) is 5.32 Å². The van der Waals surface area contributed by atoms with Gasteiger partial charge in [0.15, 0.2) is 10.4 Å². The van der Waals surface area contributed by atoms with Crippen molar-refractivity contribution in [3.63, 3.8) is 0 Å². The van der Waals surface area contributed by atoms with E-state index in [1.54, 1.807) is 10.9 Å². The minimum atomic E-state index is 0.411. The molecule has 0 unspecified atom stereocenters. The molecule has 0 fully saturated rings. The van der Waals surface area contributed by atoms with Crippen LogP contribution in [0.25, 0.3) is 16.7 Å². The number of rotatable bonds is 3. The van der Waals surface area contributed by atoms with Gasteiger partial charge in [-0.2, -0.15) is 10.1 Å². The van der Waals surface area contributed by atoms with Crippen LogP contribution < -0.4 is 5.32 Å². The summed E-state index contributed by atoms with van der Waals surface area (Å²) in [6.07, 6.45) is 1.78. The van der Waals surface area contributed by atoms with Crippen LogP contribution in [0.2, 0.25) is 0 Å². The van der Waals surface area contributed by atoms with E-state index in [2.05, 4.69) is 20.4 Å². The molecule has 23 heavy (non-hydrogen) atoms. The third kappa shape index (κ3) is 2.60. The molecule has 0 saturated carbocycles. The summed E-state index contributed by atoms with van der Waals surface area (Å²) in [6.45, 7) is 0. The molecule has 0 radical (unpaired) electrons. The summed E-state index contributed by atoms with van der Waals surface area (Å²) < 4.78 is 2.20. The highest BCUT2D eigenvalue weighted by molar-refractivity contribution is 7.71. The zero-order valence-corrected chi connectivity index (χ0v) is 12.9. The summed E-state index contributed by atoms with van der Waals surface area (Å²) in [6, 6.07) is 19.8. The van der Waals surface area contributed by atoms with Crippen LogP contribution in [0.1, 0.15) is 0 Å². The van der Waals surface area contributed by atoms with Gasteiger partial charge in [0.25, 0.3) is 0 Å². The predicted molar refractivity (Wildman–Crippen MR) is 93.8 cm³/mol. The van der Waals surface area contributed by atoms with Gasteiger partial charge in [-0.25, -0.2) is 4.68 Å². The lowest BCUT2D eigenvalue weighted by atomic mass is 10.3. The highest BCUT2D eigenvalue weighted by Gasteiger charge is 2.11. The summed E-state index contributed by atoms with van der Waals surface area (Å²) in [5.74, 6) is 0.786. The van der Waals surface area contributed by atoms with Gasteiger partial charge in [0.2, 0.25) is 0 Å². The first-order valence-corrected chi connectivity index (χ1v) is 7.58. The molecule has 0 amide bonds. The molecule has 0 aliphatic carbocycles. The van der Waals surface area contributed by atoms with E-state index in [4.69, 9.17) is 12.2 Å². The molecule has 0 aliphatic heterocycles. The van der Waals surface area contributed by atoms with Crippen molar-refractivity contribution in [1.82, 2.24) is 19.7 Å². The van der Waals surface area contributed by atoms with E-state index >= 15 is 0 Å². The van der Waals surface area contributed by atoms with E-state index in [0.717, 1.165) is 28.2 Å². The first-order chi connectivity index (χ1) is 11.3. The molecular weight excluding hydrogens is 306 g/mol. The molecular formula is C17H13N5S. The number of fused-ring (bicyclic) bond motifs is 1. The Hall–Kier alpha value is -2.99. The Kier molecular flexibility index (Phi) is 3.36. The van der Waals surface area contributed by atoms with Crippen molar-refractivity contribution in [1.29, 1.82) is 0 Å². The number of hydrogen-bond donors (Lipinski definition) is 2. The molecule has 2 N–H and O–H groups in total. The molecule has 4 rings (SSSR count). The quantitative estimate of drug-likeness (QED) is 0.555. The molecule has 112 valence electrons. The minimum Gasteiger partial charge on any atom is -0.341 e. The molecule has 0 bridgehead atoms. The van der Waals surface area contributed by atoms with Gasteiger partial charge < -0.3 is 10.3 Å². The monoisotopic (exact) mass is 319 g/mol. The maximum atomic E-state index is 5.27. The van der Waals surface area contributed by atoms with Gasteiger partial charge in [-0.1, -0.05) is 36.4 Å². The first-order valence-electron chi connectivity index (χ1n) is 7.17. The van der Waals surface area contributed by atoms with Gasteiger partial charge in [-0.05, 0) is 36.5 Å². The Morgan fingerprint density at radius 2 is 1.65 bits per heavy atom. The number of nitrogens with one attached hydrogen (secondary N) is 2. The van der Waals surface area contributed by atoms with Crippen molar-refractivity contribution >= 4 is 34.8 Å². The van der Waals surface area contributed by atoms with Gasteiger partial charge >= 0.3 is 0 Å². The second kappa shape index (κ2) is 5.66. The number of hydrogen-bond acceptors (Lipinski definition) is 4. The first kappa shape index (κ1) is 13.7. The van der Waals surface area contributed by atoms with Crippen LogP contribution in [0, 0.1) is 4.77 Å². The second-order valence-corrected chi connectivity index (χ2v) is 5.42. The van der Waals surface area contributed by atoms with E-state index in [1.807, 2.05) is 60.7 Å². The Morgan fingerprint density at radius 3 is 2.39 bits per heavy atom. The maximum Gasteiger partial charge on any atom is 0.200 e. The predicted octanol–water partition coefficient (Wildman–Crippen LogP) is 4.22. The van der Waals surface area contributed by atoms with E-state index in [-0.39, 0.29) is 0 Å². The molecule has 0 aliphatic rings. The molecule has 0 atom stereocenters. The number of aromatic nitrogens is 4. The SMILES string of the molecule is S=c1nc2c(cnn2-c2ccccc2)c(Nc2ccccc2)[nH]1. The largest absolute Gasteiger partial charge is 0.341 e. The Labute approximate surface area is 137 Å². The van der Waals surface area contributed by atoms with Crippen LogP contribution in [0.4, 0.5) is 11.5 Å². The lowest BCUT2D eigenvalue weighted by Gasteiger charge is -2.08. The van der Waals surface area contributed by atoms with E-state index in [0.29, 0.717) is 4.77 Å². The van der Waals surface area contributed by atoms with E-state index < -0.39 is 0 Å². The van der Waals surface area contributed by atoms with Crippen molar-refractivity contribution in [2.45, 2.75) is 0 Å². The summed E-state index contributed by atoms with van der Waals surface area (Å²) in [7, 11) is 0. The molecule has 2 aromatic heterocycles. The summed E-state index contributed by atoms with van der Waals surface area (Å²) in [5.41, 5.74) is 2.64. The number of nitrogens with zero attached hydrogens (tertiary/aromatic N) is 3. The Bertz CT molecular complexity index is 1010. The second-order valence-electron chi connectivity index (χ2n) is 5.04.